The molecular formula is C20H20N2O3. The smallest absolute Gasteiger partial charge is 0.335 e. The molecule has 0 spiro atoms. The van der Waals surface area contributed by atoms with Crippen LogP contribution in [0.3, 0.4) is 0 Å². The Balaban J connectivity index is 1.81. The van der Waals surface area contributed by atoms with E-state index in [0.29, 0.717) is 11.3 Å². The summed E-state index contributed by atoms with van der Waals surface area (Å²) in [4.78, 5) is 25.5. The Labute approximate surface area is 146 Å². The van der Waals surface area contributed by atoms with E-state index in [0.717, 1.165) is 37.2 Å². The third kappa shape index (κ3) is 3.88. The maximum atomic E-state index is 12.3. The van der Waals surface area contributed by atoms with Crippen LogP contribution in [-0.2, 0) is 0 Å². The molecule has 0 saturated carbocycles. The van der Waals surface area contributed by atoms with Crippen LogP contribution in [0.25, 0.3) is 6.08 Å². The normalized spacial score (nSPS) is 14.2. The van der Waals surface area contributed by atoms with Crippen LogP contribution in [0.5, 0.6) is 0 Å². The van der Waals surface area contributed by atoms with Crippen molar-refractivity contribution in [3.63, 3.8) is 0 Å². The highest BCUT2D eigenvalue weighted by molar-refractivity contribution is 6.07. The van der Waals surface area contributed by atoms with Gasteiger partial charge in [0, 0.05) is 30.0 Å². The molecule has 128 valence electrons. The summed E-state index contributed by atoms with van der Waals surface area (Å²) >= 11 is 0. The van der Waals surface area contributed by atoms with Gasteiger partial charge in [-0.15, -0.1) is 0 Å². The van der Waals surface area contributed by atoms with Crippen LogP contribution < -0.4 is 10.6 Å². The maximum absolute atomic E-state index is 12.3. The summed E-state index contributed by atoms with van der Waals surface area (Å²) in [5, 5.41) is 8.91. The van der Waals surface area contributed by atoms with E-state index in [4.69, 9.17) is 10.8 Å². The third-order valence-electron chi connectivity index (χ3n) is 4.33. The molecule has 0 atom stereocenters. The van der Waals surface area contributed by atoms with Crippen molar-refractivity contribution >= 4 is 29.2 Å². The minimum atomic E-state index is -1.01. The number of carbonyl (C=O) groups is 2. The lowest BCUT2D eigenvalue weighted by Crippen LogP contribution is -2.18. The summed E-state index contributed by atoms with van der Waals surface area (Å²) in [5.41, 5.74) is 9.23. The number of carboxylic acid groups (broad SMARTS) is 1. The number of ketones is 1. The molecule has 0 aliphatic carbocycles. The third-order valence-corrected chi connectivity index (χ3v) is 4.33. The number of hydrogen-bond donors (Lipinski definition) is 2. The van der Waals surface area contributed by atoms with Gasteiger partial charge in [0.05, 0.1) is 5.56 Å². The van der Waals surface area contributed by atoms with Gasteiger partial charge >= 0.3 is 5.97 Å². The molecule has 25 heavy (non-hydrogen) atoms. The first-order valence-corrected chi connectivity index (χ1v) is 8.25. The molecule has 1 heterocycles. The number of rotatable bonds is 5. The van der Waals surface area contributed by atoms with Crippen molar-refractivity contribution in [3.05, 3.63) is 65.2 Å². The average Bonchev–Trinajstić information content (AvgIpc) is 3.15. The van der Waals surface area contributed by atoms with Crippen molar-refractivity contribution in [1.29, 1.82) is 0 Å². The number of hydrogen-bond acceptors (Lipinski definition) is 4. The van der Waals surface area contributed by atoms with Gasteiger partial charge in [-0.2, -0.15) is 0 Å². The van der Waals surface area contributed by atoms with Gasteiger partial charge in [0.15, 0.2) is 5.78 Å². The Hall–Kier alpha value is -3.08. The molecule has 5 nitrogen and oxygen atoms in total. The second-order valence-corrected chi connectivity index (χ2v) is 6.09. The van der Waals surface area contributed by atoms with Gasteiger partial charge in [0.1, 0.15) is 0 Å². The number of allylic oxidation sites excluding steroid dienone is 1. The number of carboxylic acids is 1. The van der Waals surface area contributed by atoms with Gasteiger partial charge in [0.25, 0.3) is 0 Å². The van der Waals surface area contributed by atoms with Crippen LogP contribution in [0, 0.1) is 0 Å². The molecule has 0 amide bonds. The first-order valence-electron chi connectivity index (χ1n) is 8.25. The number of nitrogens with zero attached hydrogens (tertiary/aromatic N) is 1. The Bertz CT molecular complexity index is 819. The van der Waals surface area contributed by atoms with Crippen LogP contribution in [0.2, 0.25) is 0 Å². The highest BCUT2D eigenvalue weighted by Gasteiger charge is 2.15. The van der Waals surface area contributed by atoms with E-state index in [-0.39, 0.29) is 11.3 Å². The molecule has 0 bridgehead atoms. The zero-order chi connectivity index (χ0) is 17.8. The van der Waals surface area contributed by atoms with Crippen molar-refractivity contribution in [1.82, 2.24) is 0 Å². The predicted molar refractivity (Wildman–Crippen MR) is 99.1 cm³/mol. The van der Waals surface area contributed by atoms with Gasteiger partial charge in [-0.25, -0.2) is 4.79 Å². The van der Waals surface area contributed by atoms with Gasteiger partial charge in [-0.1, -0.05) is 18.2 Å². The predicted octanol–water partition coefficient (Wildman–Crippen LogP) is 3.46. The number of carbonyl (C=O) groups excluding carboxylic acids is 1. The first-order chi connectivity index (χ1) is 12.0. The number of benzene rings is 2. The summed E-state index contributed by atoms with van der Waals surface area (Å²) in [7, 11) is 0. The number of aromatic carboxylic acids is 1. The molecule has 1 saturated heterocycles. The lowest BCUT2D eigenvalue weighted by atomic mass is 10.1. The van der Waals surface area contributed by atoms with E-state index < -0.39 is 5.97 Å². The minimum absolute atomic E-state index is 0.162. The molecular weight excluding hydrogens is 316 g/mol. The van der Waals surface area contributed by atoms with Crippen LogP contribution in [0.15, 0.2) is 48.5 Å². The Morgan fingerprint density at radius 2 is 1.64 bits per heavy atom. The molecule has 5 heteroatoms. The summed E-state index contributed by atoms with van der Waals surface area (Å²) in [5.74, 6) is -1.17. The highest BCUT2D eigenvalue weighted by atomic mass is 16.4. The van der Waals surface area contributed by atoms with Crippen molar-refractivity contribution in [2.45, 2.75) is 12.8 Å². The maximum Gasteiger partial charge on any atom is 0.335 e. The lowest BCUT2D eigenvalue weighted by molar-refractivity contribution is 0.0696. The molecule has 2 aromatic carbocycles. The Morgan fingerprint density at radius 1 is 1.00 bits per heavy atom. The molecule has 0 unspecified atom stereocenters. The first kappa shape index (κ1) is 16.8. The monoisotopic (exact) mass is 336 g/mol. The molecule has 2 aromatic rings. The van der Waals surface area contributed by atoms with Crippen LogP contribution in [-0.4, -0.2) is 29.9 Å². The largest absolute Gasteiger partial charge is 0.478 e. The average molecular weight is 336 g/mol. The van der Waals surface area contributed by atoms with Crippen LogP contribution >= 0.6 is 0 Å². The standard InChI is InChI=1S/C20H20N2O3/c21-17-9-7-14(18(13-17)22-11-1-2-12-22)8-10-19(23)15-3-5-16(6-4-15)20(24)25/h3-10,13H,1-2,11-12,21H2,(H,24,25)/b10-8+. The highest BCUT2D eigenvalue weighted by Crippen LogP contribution is 2.28. The fourth-order valence-corrected chi connectivity index (χ4v) is 2.97. The van der Waals surface area contributed by atoms with Gasteiger partial charge in [-0.05, 0) is 54.8 Å². The molecule has 1 fully saturated rings. The molecule has 1 aliphatic heterocycles. The second kappa shape index (κ2) is 7.21. The molecule has 0 radical (unpaired) electrons. The Kier molecular flexibility index (Phi) is 4.84. The fourth-order valence-electron chi connectivity index (χ4n) is 2.97. The van der Waals surface area contributed by atoms with Crippen molar-refractivity contribution in [2.75, 3.05) is 23.7 Å². The van der Waals surface area contributed by atoms with E-state index in [1.807, 2.05) is 18.2 Å². The second-order valence-electron chi connectivity index (χ2n) is 6.09. The van der Waals surface area contributed by atoms with E-state index in [2.05, 4.69) is 4.90 Å². The molecule has 1 aliphatic rings. The van der Waals surface area contributed by atoms with Crippen molar-refractivity contribution < 1.29 is 14.7 Å². The number of nitrogen functional groups attached to an aromatic ring is 1. The number of anilines is 2. The fraction of sp³-hybridized carbons (Fsp3) is 0.200. The van der Waals surface area contributed by atoms with Crippen LogP contribution in [0.1, 0.15) is 39.1 Å². The topological polar surface area (TPSA) is 83.6 Å². The van der Waals surface area contributed by atoms with E-state index >= 15 is 0 Å². The SMILES string of the molecule is Nc1ccc(/C=C/C(=O)c2ccc(C(=O)O)cc2)c(N2CCCC2)c1. The summed E-state index contributed by atoms with van der Waals surface area (Å²) in [6.45, 7) is 1.99. The summed E-state index contributed by atoms with van der Waals surface area (Å²) in [6.07, 6.45) is 5.63. The number of nitrogens with two attached hydrogens (primary N) is 1. The quantitative estimate of drug-likeness (QED) is 0.496. The van der Waals surface area contributed by atoms with Crippen molar-refractivity contribution in [3.8, 4) is 0 Å². The molecule has 0 aromatic heterocycles. The zero-order valence-corrected chi connectivity index (χ0v) is 13.8. The van der Waals surface area contributed by atoms with E-state index in [1.54, 1.807) is 6.08 Å². The molecule has 3 rings (SSSR count). The minimum Gasteiger partial charge on any atom is -0.478 e. The lowest BCUT2D eigenvalue weighted by Gasteiger charge is -2.20. The van der Waals surface area contributed by atoms with Gasteiger partial charge in [0.2, 0.25) is 0 Å². The summed E-state index contributed by atoms with van der Waals surface area (Å²) in [6, 6.07) is 11.6. The Morgan fingerprint density at radius 3 is 2.28 bits per heavy atom. The van der Waals surface area contributed by atoms with Gasteiger partial charge < -0.3 is 15.7 Å². The van der Waals surface area contributed by atoms with E-state index in [9.17, 15) is 9.59 Å². The summed E-state index contributed by atoms with van der Waals surface area (Å²) < 4.78 is 0. The molecule has 3 N–H and O–H groups in total. The van der Waals surface area contributed by atoms with Gasteiger partial charge in [-0.3, -0.25) is 4.79 Å². The van der Waals surface area contributed by atoms with Crippen molar-refractivity contribution in [2.24, 2.45) is 0 Å². The van der Waals surface area contributed by atoms with Crippen LogP contribution in [0.4, 0.5) is 11.4 Å². The zero-order valence-electron chi connectivity index (χ0n) is 13.8. The van der Waals surface area contributed by atoms with E-state index in [1.165, 1.54) is 30.3 Å².